The molecule has 0 aliphatic heterocycles. The SMILES string of the molecule is CC/C=C\CCCC/C=C\CCCCCCCC(=O)OCC(COC(=O)CCCCCCC/C=C\CCCC/C=C\CC)OC(=O)CCCCCCC/C=C\CCCC/C=C\CC. The maximum Gasteiger partial charge on any atom is 0.306 e. The van der Waals surface area contributed by atoms with Crippen LogP contribution in [0.2, 0.25) is 0 Å². The predicted octanol–water partition coefficient (Wildman–Crippen LogP) is 17.4. The molecule has 0 unspecified atom stereocenters. The third kappa shape index (κ3) is 49.7. The smallest absolute Gasteiger partial charge is 0.306 e. The summed E-state index contributed by atoms with van der Waals surface area (Å²) >= 11 is 0. The molecule has 0 heterocycles. The highest BCUT2D eigenvalue weighted by molar-refractivity contribution is 5.71. The average molecular weight is 879 g/mol. The normalized spacial score (nSPS) is 12.2. The summed E-state index contributed by atoms with van der Waals surface area (Å²) in [4.78, 5) is 38.0. The Hall–Kier alpha value is -3.15. The average Bonchev–Trinajstić information content (AvgIpc) is 3.28. The molecule has 0 bridgehead atoms. The Balaban J connectivity index is 4.42. The van der Waals surface area contributed by atoms with Crippen molar-refractivity contribution in [3.8, 4) is 0 Å². The van der Waals surface area contributed by atoms with E-state index in [-0.39, 0.29) is 31.1 Å². The summed E-state index contributed by atoms with van der Waals surface area (Å²) in [7, 11) is 0. The predicted molar refractivity (Wildman–Crippen MR) is 270 cm³/mol. The molecule has 6 nitrogen and oxygen atoms in total. The Morgan fingerprint density at radius 3 is 0.810 bits per heavy atom. The van der Waals surface area contributed by atoms with Gasteiger partial charge in [-0.3, -0.25) is 14.4 Å². The lowest BCUT2D eigenvalue weighted by molar-refractivity contribution is -0.167. The van der Waals surface area contributed by atoms with Crippen LogP contribution >= 0.6 is 0 Å². The first kappa shape index (κ1) is 59.9. The molecule has 0 aromatic carbocycles. The van der Waals surface area contributed by atoms with Crippen molar-refractivity contribution in [1.82, 2.24) is 0 Å². The van der Waals surface area contributed by atoms with Crippen LogP contribution in [0.3, 0.4) is 0 Å². The fraction of sp³-hybridized carbons (Fsp3) is 0.737. The van der Waals surface area contributed by atoms with Gasteiger partial charge >= 0.3 is 17.9 Å². The molecule has 0 amide bonds. The van der Waals surface area contributed by atoms with Gasteiger partial charge in [0.05, 0.1) is 0 Å². The van der Waals surface area contributed by atoms with Crippen molar-refractivity contribution in [2.75, 3.05) is 13.2 Å². The van der Waals surface area contributed by atoms with Crippen LogP contribution in [0, 0.1) is 0 Å². The van der Waals surface area contributed by atoms with Crippen molar-refractivity contribution < 1.29 is 28.6 Å². The molecule has 63 heavy (non-hydrogen) atoms. The maximum absolute atomic E-state index is 12.8. The zero-order chi connectivity index (χ0) is 45.8. The first-order chi connectivity index (χ1) is 31.0. The highest BCUT2D eigenvalue weighted by atomic mass is 16.6. The molecule has 0 aliphatic rings. The van der Waals surface area contributed by atoms with Crippen molar-refractivity contribution in [3.05, 3.63) is 72.9 Å². The summed E-state index contributed by atoms with van der Waals surface area (Å²) in [5.41, 5.74) is 0. The fourth-order valence-electron chi connectivity index (χ4n) is 7.20. The van der Waals surface area contributed by atoms with Crippen molar-refractivity contribution >= 4 is 17.9 Å². The van der Waals surface area contributed by atoms with E-state index in [2.05, 4.69) is 93.7 Å². The van der Waals surface area contributed by atoms with Crippen LogP contribution in [0.4, 0.5) is 0 Å². The molecule has 362 valence electrons. The molecule has 0 radical (unpaired) electrons. The van der Waals surface area contributed by atoms with E-state index in [1.807, 2.05) is 0 Å². The molecule has 0 saturated carbocycles. The van der Waals surface area contributed by atoms with Crippen LogP contribution in [-0.2, 0) is 28.6 Å². The number of hydrogen-bond acceptors (Lipinski definition) is 6. The summed E-state index contributed by atoms with van der Waals surface area (Å²) in [6.07, 6.45) is 64.6. The van der Waals surface area contributed by atoms with Gasteiger partial charge in [-0.15, -0.1) is 0 Å². The van der Waals surface area contributed by atoms with E-state index in [4.69, 9.17) is 14.2 Å². The van der Waals surface area contributed by atoms with Gasteiger partial charge < -0.3 is 14.2 Å². The molecule has 0 fully saturated rings. The van der Waals surface area contributed by atoms with Gasteiger partial charge in [-0.2, -0.15) is 0 Å². The maximum atomic E-state index is 12.8. The van der Waals surface area contributed by atoms with E-state index >= 15 is 0 Å². The monoisotopic (exact) mass is 879 g/mol. The number of unbranched alkanes of at least 4 members (excludes halogenated alkanes) is 24. The van der Waals surface area contributed by atoms with Gasteiger partial charge in [0.1, 0.15) is 13.2 Å². The summed E-state index contributed by atoms with van der Waals surface area (Å²) in [6.45, 7) is 6.34. The highest BCUT2D eigenvalue weighted by Crippen LogP contribution is 2.14. The minimum Gasteiger partial charge on any atom is -0.462 e. The Labute approximate surface area is 389 Å². The first-order valence-corrected chi connectivity index (χ1v) is 26.4. The zero-order valence-electron chi connectivity index (χ0n) is 41.3. The Kier molecular flexibility index (Phi) is 48.9. The number of hydrogen-bond donors (Lipinski definition) is 0. The van der Waals surface area contributed by atoms with E-state index in [1.165, 1.54) is 89.9 Å². The number of ether oxygens (including phenoxy) is 3. The fourth-order valence-corrected chi connectivity index (χ4v) is 7.20. The first-order valence-electron chi connectivity index (χ1n) is 26.4. The van der Waals surface area contributed by atoms with Crippen LogP contribution < -0.4 is 0 Å². The molecular formula is C57H98O6. The third-order valence-electron chi connectivity index (χ3n) is 11.1. The van der Waals surface area contributed by atoms with Gasteiger partial charge in [-0.05, 0) is 154 Å². The Morgan fingerprint density at radius 1 is 0.302 bits per heavy atom. The molecule has 0 spiro atoms. The molecule has 0 rings (SSSR count). The molecular weight excluding hydrogens is 781 g/mol. The molecule has 0 aromatic heterocycles. The van der Waals surface area contributed by atoms with Gasteiger partial charge in [0.2, 0.25) is 0 Å². The molecule has 0 atom stereocenters. The van der Waals surface area contributed by atoms with Crippen molar-refractivity contribution in [1.29, 1.82) is 0 Å². The van der Waals surface area contributed by atoms with Crippen LogP contribution in [0.5, 0.6) is 0 Å². The van der Waals surface area contributed by atoms with E-state index < -0.39 is 6.10 Å². The number of esters is 3. The van der Waals surface area contributed by atoms with E-state index in [9.17, 15) is 14.4 Å². The highest BCUT2D eigenvalue weighted by Gasteiger charge is 2.19. The van der Waals surface area contributed by atoms with Gasteiger partial charge in [0.25, 0.3) is 0 Å². The second kappa shape index (κ2) is 51.5. The van der Waals surface area contributed by atoms with Crippen molar-refractivity contribution in [2.24, 2.45) is 0 Å². The quantitative estimate of drug-likeness (QED) is 0.0262. The van der Waals surface area contributed by atoms with E-state index in [1.54, 1.807) is 0 Å². The zero-order valence-corrected chi connectivity index (χ0v) is 41.3. The summed E-state index contributed by atoms with van der Waals surface area (Å²) in [5.74, 6) is -0.920. The molecule has 6 heteroatoms. The lowest BCUT2D eigenvalue weighted by Crippen LogP contribution is -2.30. The van der Waals surface area contributed by atoms with Crippen LogP contribution in [0.1, 0.15) is 252 Å². The number of carbonyl (C=O) groups is 3. The summed E-state index contributed by atoms with van der Waals surface area (Å²) in [6, 6.07) is 0. The lowest BCUT2D eigenvalue weighted by atomic mass is 10.1. The largest absolute Gasteiger partial charge is 0.462 e. The van der Waals surface area contributed by atoms with Crippen molar-refractivity contribution in [2.45, 2.75) is 258 Å². The second-order valence-corrected chi connectivity index (χ2v) is 17.3. The van der Waals surface area contributed by atoms with Gasteiger partial charge in [-0.25, -0.2) is 0 Å². The van der Waals surface area contributed by atoms with Crippen molar-refractivity contribution in [3.63, 3.8) is 0 Å². The molecule has 0 aliphatic carbocycles. The van der Waals surface area contributed by atoms with Crippen LogP contribution in [-0.4, -0.2) is 37.2 Å². The Morgan fingerprint density at radius 2 is 0.524 bits per heavy atom. The summed E-state index contributed by atoms with van der Waals surface area (Å²) in [5, 5.41) is 0. The summed E-state index contributed by atoms with van der Waals surface area (Å²) < 4.78 is 16.8. The third-order valence-corrected chi connectivity index (χ3v) is 11.1. The van der Waals surface area contributed by atoms with Gasteiger partial charge in [0.15, 0.2) is 6.10 Å². The van der Waals surface area contributed by atoms with E-state index in [0.717, 1.165) is 122 Å². The van der Waals surface area contributed by atoms with Crippen LogP contribution in [0.25, 0.3) is 0 Å². The minimum absolute atomic E-state index is 0.0895. The standard InChI is InChI=1S/C57H98O6/c1-4-7-10-13-16-19-22-25-28-31-34-37-40-43-46-49-55(58)61-52-54(63-57(60)51-48-45-42-39-36-33-30-27-24-21-18-15-12-9-6-3)53-62-56(59)50-47-44-41-38-35-32-29-26-23-20-17-14-11-8-5-2/h7-12,25-30,54H,4-6,13-24,31-53H2,1-3H3/b10-7-,11-8-,12-9-,28-25-,29-26-,30-27-. The Bertz CT molecular complexity index is 1130. The van der Waals surface area contributed by atoms with Crippen LogP contribution in [0.15, 0.2) is 72.9 Å². The second-order valence-electron chi connectivity index (χ2n) is 17.3. The number of rotatable bonds is 47. The minimum atomic E-state index is -0.790. The van der Waals surface area contributed by atoms with E-state index in [0.29, 0.717) is 19.3 Å². The topological polar surface area (TPSA) is 78.9 Å². The molecule has 0 N–H and O–H groups in total. The lowest BCUT2D eigenvalue weighted by Gasteiger charge is -2.18. The number of carbonyl (C=O) groups excluding carboxylic acids is 3. The molecule has 0 saturated heterocycles. The molecule has 0 aromatic rings. The number of allylic oxidation sites excluding steroid dienone is 12. The van der Waals surface area contributed by atoms with Gasteiger partial charge in [-0.1, -0.05) is 151 Å². The van der Waals surface area contributed by atoms with Gasteiger partial charge in [0, 0.05) is 19.3 Å².